The number of phenols is 3. The summed E-state index contributed by atoms with van der Waals surface area (Å²) in [5.41, 5.74) is 0.501. The molecule has 3 aliphatic rings. The van der Waals surface area contributed by atoms with Crippen LogP contribution in [0.4, 0.5) is 13.2 Å². The van der Waals surface area contributed by atoms with Crippen molar-refractivity contribution in [2.75, 3.05) is 18.6 Å². The Bertz CT molecular complexity index is 1960. The lowest BCUT2D eigenvalue weighted by Crippen LogP contribution is -2.18. The number of thioether (sulfide) groups is 4. The zero-order valence-electron chi connectivity index (χ0n) is 27.3. The molecule has 3 aromatic rings. The highest BCUT2D eigenvalue weighted by atomic mass is 32.2. The normalized spacial score (nSPS) is 15.8. The summed E-state index contributed by atoms with van der Waals surface area (Å²) in [6, 6.07) is 10.3. The highest BCUT2D eigenvalue weighted by molar-refractivity contribution is 8.41. The first-order valence-electron chi connectivity index (χ1n) is 14.4. The number of hydrogen-bond acceptors (Lipinski definition) is 14. The van der Waals surface area contributed by atoms with Gasteiger partial charge in [-0.15, -0.1) is 11.8 Å². The third kappa shape index (κ3) is 15.8. The van der Waals surface area contributed by atoms with Gasteiger partial charge >= 0.3 is 0 Å². The van der Waals surface area contributed by atoms with E-state index < -0.39 is 17.5 Å². The van der Waals surface area contributed by atoms with E-state index in [-0.39, 0.29) is 58.3 Å². The number of benzene rings is 3. The predicted octanol–water partition coefficient (Wildman–Crippen LogP) is 6.36. The van der Waals surface area contributed by atoms with Gasteiger partial charge < -0.3 is 31.1 Å². The first-order valence-corrected chi connectivity index (χ1v) is 19.1. The zero-order chi connectivity index (χ0) is 39.7. The number of thiocarbonyl (C=S) groups is 2. The third-order valence-corrected chi connectivity index (χ3v) is 10.0. The van der Waals surface area contributed by atoms with E-state index in [1.165, 1.54) is 65.6 Å². The minimum atomic E-state index is -0.528. The fourth-order valence-corrected chi connectivity index (χ4v) is 6.66. The number of carbonyl (C=O) groups is 4. The first kappa shape index (κ1) is 45.0. The molecule has 53 heavy (non-hydrogen) atoms. The fourth-order valence-electron chi connectivity index (χ4n) is 3.40. The molecule has 11 nitrogen and oxygen atoms in total. The van der Waals surface area contributed by atoms with Gasteiger partial charge in [0.15, 0.2) is 6.29 Å². The molecule has 0 saturated carbocycles. The molecular formula is C33H28F3N3O8S6. The lowest BCUT2D eigenvalue weighted by Gasteiger charge is -2.00. The number of phenolic OH excluding ortho intramolecular Hbond substituents is 3. The van der Waals surface area contributed by atoms with Gasteiger partial charge in [0.05, 0.1) is 21.1 Å². The van der Waals surface area contributed by atoms with Crippen LogP contribution >= 0.6 is 71.5 Å². The molecule has 3 amide bonds. The van der Waals surface area contributed by atoms with Crippen molar-refractivity contribution in [3.63, 3.8) is 0 Å². The minimum Gasteiger partial charge on any atom is -0.507 e. The SMILES string of the molecule is CCO.CSC1=NC(=O)/C(=C/c2cc(F)ccc2O)S1.O=C1CSC(=S)N1.O=C1NC(=S)S/C1=C\c1cc(F)ccc1O.O=Cc1cc(F)ccc1O. The summed E-state index contributed by atoms with van der Waals surface area (Å²) >= 11 is 14.5. The maximum atomic E-state index is 13.0. The predicted molar refractivity (Wildman–Crippen MR) is 213 cm³/mol. The second kappa shape index (κ2) is 22.8. The van der Waals surface area contributed by atoms with Crippen molar-refractivity contribution >= 4 is 121 Å². The van der Waals surface area contributed by atoms with E-state index in [9.17, 15) is 42.6 Å². The van der Waals surface area contributed by atoms with Crippen molar-refractivity contribution < 1.29 is 52.8 Å². The number of aliphatic hydroxyl groups excluding tert-OH is 1. The van der Waals surface area contributed by atoms with Crippen molar-refractivity contribution in [3.05, 3.63) is 98.5 Å². The molecule has 0 bridgehead atoms. The van der Waals surface area contributed by atoms with Crippen LogP contribution in [0.25, 0.3) is 12.2 Å². The number of nitrogens with one attached hydrogen (secondary N) is 2. The van der Waals surface area contributed by atoms with E-state index in [1.54, 1.807) is 6.92 Å². The van der Waals surface area contributed by atoms with E-state index in [0.717, 1.165) is 48.2 Å². The van der Waals surface area contributed by atoms with Gasteiger partial charge in [0, 0.05) is 17.7 Å². The molecule has 2 fully saturated rings. The quantitative estimate of drug-likeness (QED) is 0.0972. The highest BCUT2D eigenvalue weighted by Gasteiger charge is 2.23. The zero-order valence-corrected chi connectivity index (χ0v) is 32.2. The van der Waals surface area contributed by atoms with Crippen LogP contribution in [0.2, 0.25) is 0 Å². The standard InChI is InChI=1S/C11H8FNO2S2.C10H6FNO2S2.C7H5FO2.C3H3NOS2.C2H6O/c1-16-11-13-10(15)9(17-11)5-6-4-7(12)2-3-8(6)14;11-6-1-2-7(13)5(3-6)4-8-9(14)12-10(15)16-8;8-6-1-2-7(10)5(3-6)4-9;5-2-1-7-3(6)4-2;1-2-3/h2-5,14H,1H3;1-4,13H,(H,12,14,15);1-4,10H;1H2,(H,4,5,6);3H,2H2,1H3/b9-5-;8-4-;;;. The van der Waals surface area contributed by atoms with Gasteiger partial charge in [0.25, 0.3) is 11.8 Å². The maximum Gasteiger partial charge on any atom is 0.285 e. The Morgan fingerprint density at radius 1 is 0.792 bits per heavy atom. The first-order chi connectivity index (χ1) is 25.1. The van der Waals surface area contributed by atoms with E-state index >= 15 is 0 Å². The molecule has 2 saturated heterocycles. The summed E-state index contributed by atoms with van der Waals surface area (Å²) in [4.78, 5) is 47.6. The fraction of sp³-hybridized carbons (Fsp3) is 0.121. The summed E-state index contributed by atoms with van der Waals surface area (Å²) in [5.74, 6) is -1.98. The Kier molecular flexibility index (Phi) is 19.3. The monoisotopic (exact) mass is 843 g/mol. The van der Waals surface area contributed by atoms with Crippen LogP contribution < -0.4 is 10.6 Å². The number of halogens is 3. The second-order valence-electron chi connectivity index (χ2n) is 9.52. The lowest BCUT2D eigenvalue weighted by atomic mass is 10.2. The molecule has 6 N–H and O–H groups in total. The molecule has 20 heteroatoms. The van der Waals surface area contributed by atoms with Crippen LogP contribution in [0.5, 0.6) is 17.2 Å². The van der Waals surface area contributed by atoms with Crippen LogP contribution in [-0.4, -0.2) is 76.1 Å². The average molecular weight is 844 g/mol. The number of aliphatic imine (C=N–C) groups is 1. The molecule has 3 heterocycles. The number of hydrogen-bond donors (Lipinski definition) is 6. The maximum absolute atomic E-state index is 13.0. The number of carbonyl (C=O) groups excluding carboxylic acids is 4. The molecule has 0 atom stereocenters. The summed E-state index contributed by atoms with van der Waals surface area (Å²) in [7, 11) is 0. The highest BCUT2D eigenvalue weighted by Crippen LogP contribution is 2.34. The molecule has 0 aliphatic carbocycles. The van der Waals surface area contributed by atoms with E-state index in [1.807, 2.05) is 6.26 Å². The van der Waals surface area contributed by atoms with E-state index in [2.05, 4.69) is 27.8 Å². The van der Waals surface area contributed by atoms with Crippen LogP contribution in [0.15, 0.2) is 69.4 Å². The second-order valence-corrected chi connectivity index (χ2v) is 15.0. The Balaban J connectivity index is 0.000000249. The minimum absolute atomic E-state index is 0.0231. The topological polar surface area (TPSA) is 186 Å². The van der Waals surface area contributed by atoms with Crippen LogP contribution in [0, 0.1) is 17.5 Å². The van der Waals surface area contributed by atoms with E-state index in [4.69, 9.17) is 22.4 Å². The van der Waals surface area contributed by atoms with Gasteiger partial charge in [-0.1, -0.05) is 59.7 Å². The van der Waals surface area contributed by atoms with Crippen LogP contribution in [0.3, 0.4) is 0 Å². The number of aliphatic hydroxyl groups is 1. The van der Waals surface area contributed by atoms with Gasteiger partial charge in [-0.25, -0.2) is 13.2 Å². The molecule has 0 radical (unpaired) electrons. The summed E-state index contributed by atoms with van der Waals surface area (Å²) in [6.45, 7) is 1.93. The molecule has 0 aromatic heterocycles. The molecule has 0 spiro atoms. The summed E-state index contributed by atoms with van der Waals surface area (Å²) in [6.07, 6.45) is 5.07. The smallest absolute Gasteiger partial charge is 0.285 e. The van der Waals surface area contributed by atoms with Gasteiger partial charge in [0.2, 0.25) is 5.91 Å². The summed E-state index contributed by atoms with van der Waals surface area (Å²) in [5, 5.41) is 40.3. The molecule has 3 aliphatic heterocycles. The lowest BCUT2D eigenvalue weighted by molar-refractivity contribution is -0.117. The Labute approximate surface area is 328 Å². The number of aromatic hydroxyl groups is 3. The number of amides is 3. The van der Waals surface area contributed by atoms with Crippen molar-refractivity contribution in [2.24, 2.45) is 4.99 Å². The van der Waals surface area contributed by atoms with Gasteiger partial charge in [-0.05, 0) is 79.9 Å². The number of aldehydes is 1. The molecular weight excluding hydrogens is 816 g/mol. The average Bonchev–Trinajstić information content (AvgIpc) is 3.78. The van der Waals surface area contributed by atoms with Crippen molar-refractivity contribution in [1.82, 2.24) is 10.6 Å². The number of rotatable bonds is 3. The Morgan fingerprint density at radius 2 is 1.26 bits per heavy atom. The molecule has 280 valence electrons. The summed E-state index contributed by atoms with van der Waals surface area (Å²) < 4.78 is 39.8. The Morgan fingerprint density at radius 3 is 1.60 bits per heavy atom. The van der Waals surface area contributed by atoms with Crippen molar-refractivity contribution in [1.29, 1.82) is 0 Å². The number of nitrogens with zero attached hydrogens (tertiary/aromatic N) is 1. The molecule has 6 rings (SSSR count). The van der Waals surface area contributed by atoms with Gasteiger partial charge in [-0.2, -0.15) is 4.99 Å². The van der Waals surface area contributed by atoms with Gasteiger partial charge in [0.1, 0.15) is 47.7 Å². The van der Waals surface area contributed by atoms with Crippen molar-refractivity contribution in [2.45, 2.75) is 6.92 Å². The molecule has 0 unspecified atom stereocenters. The largest absolute Gasteiger partial charge is 0.507 e. The van der Waals surface area contributed by atoms with Crippen molar-refractivity contribution in [3.8, 4) is 17.2 Å². The third-order valence-electron chi connectivity index (χ3n) is 5.66. The van der Waals surface area contributed by atoms with Gasteiger partial charge in [-0.3, -0.25) is 19.2 Å². The molecule has 3 aromatic carbocycles. The van der Waals surface area contributed by atoms with Crippen LogP contribution in [0.1, 0.15) is 28.4 Å². The van der Waals surface area contributed by atoms with E-state index in [0.29, 0.717) is 34.9 Å². The Hall–Kier alpha value is -4.18. The van der Waals surface area contributed by atoms with Crippen LogP contribution in [-0.2, 0) is 14.4 Å².